The number of sulfonamides is 1. The van der Waals surface area contributed by atoms with Crippen molar-refractivity contribution in [2.45, 2.75) is 25.8 Å². The Hall–Kier alpha value is -1.18. The second-order valence-corrected chi connectivity index (χ2v) is 9.23. The van der Waals surface area contributed by atoms with Crippen LogP contribution in [-0.2, 0) is 16.6 Å². The van der Waals surface area contributed by atoms with Crippen LogP contribution in [0.25, 0.3) is 0 Å². The standard InChI is InChI=1S/C18H27FN2O3S/c1-24-18-11-14(3-4-17(18)19)12-20-8-5-16(13-20)15-6-9-21(10-7-15)25(2,22)23/h3-4,11,15-16H,5-10,12-13H2,1-2H3. The summed E-state index contributed by atoms with van der Waals surface area (Å²) in [5.41, 5.74) is 1.06. The Kier molecular flexibility index (Phi) is 5.65. The molecule has 0 aliphatic carbocycles. The second-order valence-electron chi connectivity index (χ2n) is 7.25. The van der Waals surface area contributed by atoms with Gasteiger partial charge in [0.05, 0.1) is 13.4 Å². The largest absolute Gasteiger partial charge is 0.494 e. The third-order valence-corrected chi connectivity index (χ3v) is 6.87. The van der Waals surface area contributed by atoms with Gasteiger partial charge in [-0.25, -0.2) is 17.1 Å². The zero-order valence-electron chi connectivity index (χ0n) is 14.9. The zero-order chi connectivity index (χ0) is 18.0. The summed E-state index contributed by atoms with van der Waals surface area (Å²) in [5, 5.41) is 0. The molecule has 140 valence electrons. The maximum absolute atomic E-state index is 13.5. The van der Waals surface area contributed by atoms with Crippen LogP contribution in [0.1, 0.15) is 24.8 Å². The molecule has 2 heterocycles. The van der Waals surface area contributed by atoms with Crippen molar-refractivity contribution in [3.63, 3.8) is 0 Å². The molecule has 5 nitrogen and oxygen atoms in total. The molecule has 0 N–H and O–H groups in total. The maximum atomic E-state index is 13.5. The Morgan fingerprint density at radius 3 is 2.48 bits per heavy atom. The number of halogens is 1. The Balaban J connectivity index is 1.52. The van der Waals surface area contributed by atoms with E-state index in [9.17, 15) is 12.8 Å². The Morgan fingerprint density at radius 2 is 1.84 bits per heavy atom. The van der Waals surface area contributed by atoms with Crippen LogP contribution in [-0.4, -0.2) is 57.2 Å². The van der Waals surface area contributed by atoms with E-state index in [1.165, 1.54) is 19.4 Å². The van der Waals surface area contributed by atoms with E-state index in [4.69, 9.17) is 4.74 Å². The quantitative estimate of drug-likeness (QED) is 0.798. The number of hydrogen-bond donors (Lipinski definition) is 0. The highest BCUT2D eigenvalue weighted by Crippen LogP contribution is 2.33. The molecule has 0 aromatic heterocycles. The molecule has 0 radical (unpaired) electrons. The van der Waals surface area contributed by atoms with Gasteiger partial charge in [0, 0.05) is 26.2 Å². The molecule has 0 bridgehead atoms. The first-order valence-electron chi connectivity index (χ1n) is 8.86. The molecule has 2 aliphatic rings. The highest BCUT2D eigenvalue weighted by atomic mass is 32.2. The fourth-order valence-corrected chi connectivity index (χ4v) is 5.00. The minimum Gasteiger partial charge on any atom is -0.494 e. The fourth-order valence-electron chi connectivity index (χ4n) is 4.13. The molecule has 2 aliphatic heterocycles. The van der Waals surface area contributed by atoms with E-state index in [0.29, 0.717) is 30.7 Å². The number of piperidine rings is 1. The van der Waals surface area contributed by atoms with Gasteiger partial charge < -0.3 is 4.74 Å². The lowest BCUT2D eigenvalue weighted by Crippen LogP contribution is -2.39. The van der Waals surface area contributed by atoms with Crippen LogP contribution in [0.5, 0.6) is 5.75 Å². The predicted octanol–water partition coefficient (Wildman–Crippen LogP) is 2.33. The molecule has 1 atom stereocenters. The molecular weight excluding hydrogens is 343 g/mol. The summed E-state index contributed by atoms with van der Waals surface area (Å²) in [6, 6.07) is 5.05. The van der Waals surface area contributed by atoms with E-state index in [-0.39, 0.29) is 5.82 Å². The number of rotatable bonds is 5. The highest BCUT2D eigenvalue weighted by molar-refractivity contribution is 7.88. The summed E-state index contributed by atoms with van der Waals surface area (Å²) in [7, 11) is -1.57. The maximum Gasteiger partial charge on any atom is 0.211 e. The number of methoxy groups -OCH3 is 1. The minimum atomic E-state index is -3.05. The molecule has 0 spiro atoms. The van der Waals surface area contributed by atoms with Gasteiger partial charge >= 0.3 is 0 Å². The van der Waals surface area contributed by atoms with Gasteiger partial charge in [-0.1, -0.05) is 6.07 Å². The van der Waals surface area contributed by atoms with Gasteiger partial charge in [0.25, 0.3) is 0 Å². The summed E-state index contributed by atoms with van der Waals surface area (Å²) in [4.78, 5) is 2.40. The normalized spacial score (nSPS) is 23.9. The fraction of sp³-hybridized carbons (Fsp3) is 0.667. The van der Waals surface area contributed by atoms with E-state index < -0.39 is 10.0 Å². The van der Waals surface area contributed by atoms with Crippen molar-refractivity contribution < 1.29 is 17.5 Å². The van der Waals surface area contributed by atoms with Crippen LogP contribution in [0.3, 0.4) is 0 Å². The Labute approximate surface area is 149 Å². The SMILES string of the molecule is COc1cc(CN2CCC(C3CCN(S(C)(=O)=O)CC3)C2)ccc1F. The van der Waals surface area contributed by atoms with Gasteiger partial charge in [0.1, 0.15) is 0 Å². The highest BCUT2D eigenvalue weighted by Gasteiger charge is 2.33. The van der Waals surface area contributed by atoms with Crippen LogP contribution in [0.15, 0.2) is 18.2 Å². The summed E-state index contributed by atoms with van der Waals surface area (Å²) in [6.07, 6.45) is 4.36. The number of ether oxygens (including phenoxy) is 1. The van der Waals surface area contributed by atoms with Crippen molar-refractivity contribution >= 4 is 10.0 Å². The van der Waals surface area contributed by atoms with Crippen molar-refractivity contribution in [1.82, 2.24) is 9.21 Å². The van der Waals surface area contributed by atoms with E-state index in [0.717, 1.165) is 44.5 Å². The first-order chi connectivity index (χ1) is 11.9. The van der Waals surface area contributed by atoms with Crippen molar-refractivity contribution in [2.24, 2.45) is 11.8 Å². The van der Waals surface area contributed by atoms with Gasteiger partial charge in [-0.2, -0.15) is 0 Å². The van der Waals surface area contributed by atoms with Crippen LogP contribution in [0.4, 0.5) is 4.39 Å². The second kappa shape index (κ2) is 7.60. The van der Waals surface area contributed by atoms with Gasteiger partial charge in [-0.05, 0) is 55.3 Å². The minimum absolute atomic E-state index is 0.293. The molecule has 0 saturated carbocycles. The number of nitrogens with zero attached hydrogens (tertiary/aromatic N) is 2. The molecule has 1 unspecified atom stereocenters. The molecule has 1 aromatic rings. The molecule has 2 saturated heterocycles. The van der Waals surface area contributed by atoms with Gasteiger partial charge in [0.15, 0.2) is 11.6 Å². The van der Waals surface area contributed by atoms with Crippen LogP contribution in [0.2, 0.25) is 0 Å². The monoisotopic (exact) mass is 370 g/mol. The lowest BCUT2D eigenvalue weighted by Gasteiger charge is -2.33. The van der Waals surface area contributed by atoms with Crippen LogP contribution >= 0.6 is 0 Å². The first kappa shape index (κ1) is 18.6. The topological polar surface area (TPSA) is 49.9 Å². The van der Waals surface area contributed by atoms with Crippen molar-refractivity contribution in [3.8, 4) is 5.75 Å². The van der Waals surface area contributed by atoms with Crippen molar-refractivity contribution in [2.75, 3.05) is 39.5 Å². The third kappa shape index (κ3) is 4.51. The number of hydrogen-bond acceptors (Lipinski definition) is 4. The smallest absolute Gasteiger partial charge is 0.211 e. The van der Waals surface area contributed by atoms with E-state index in [1.54, 1.807) is 10.4 Å². The molecule has 1 aromatic carbocycles. The lowest BCUT2D eigenvalue weighted by atomic mass is 9.84. The third-order valence-electron chi connectivity index (χ3n) is 5.56. The van der Waals surface area contributed by atoms with Crippen LogP contribution < -0.4 is 4.74 Å². The molecular formula is C18H27FN2O3S. The molecule has 3 rings (SSSR count). The van der Waals surface area contributed by atoms with Gasteiger partial charge in [-0.3, -0.25) is 4.90 Å². The van der Waals surface area contributed by atoms with E-state index >= 15 is 0 Å². The summed E-state index contributed by atoms with van der Waals surface area (Å²) >= 11 is 0. The van der Waals surface area contributed by atoms with Gasteiger partial charge in [-0.15, -0.1) is 0 Å². The summed E-state index contributed by atoms with van der Waals surface area (Å²) in [5.74, 6) is 1.19. The van der Waals surface area contributed by atoms with Gasteiger partial charge in [0.2, 0.25) is 10.0 Å². The molecule has 0 amide bonds. The van der Waals surface area contributed by atoms with E-state index in [1.807, 2.05) is 6.07 Å². The Morgan fingerprint density at radius 1 is 1.16 bits per heavy atom. The lowest BCUT2D eigenvalue weighted by molar-refractivity contribution is 0.202. The summed E-state index contributed by atoms with van der Waals surface area (Å²) in [6.45, 7) is 4.17. The average Bonchev–Trinajstić information content (AvgIpc) is 3.04. The molecule has 7 heteroatoms. The zero-order valence-corrected chi connectivity index (χ0v) is 15.8. The summed E-state index contributed by atoms with van der Waals surface area (Å²) < 4.78 is 43.4. The first-order valence-corrected chi connectivity index (χ1v) is 10.7. The average molecular weight is 370 g/mol. The number of benzene rings is 1. The molecule has 2 fully saturated rings. The predicted molar refractivity (Wildman–Crippen MR) is 95.5 cm³/mol. The van der Waals surface area contributed by atoms with E-state index in [2.05, 4.69) is 4.90 Å². The van der Waals surface area contributed by atoms with Crippen molar-refractivity contribution in [1.29, 1.82) is 0 Å². The van der Waals surface area contributed by atoms with Crippen LogP contribution in [0, 0.1) is 17.7 Å². The number of likely N-dealkylation sites (tertiary alicyclic amines) is 1. The Bertz CT molecular complexity index is 702. The molecule has 25 heavy (non-hydrogen) atoms. The van der Waals surface area contributed by atoms with Crippen molar-refractivity contribution in [3.05, 3.63) is 29.6 Å².